The summed E-state index contributed by atoms with van der Waals surface area (Å²) in [6.45, 7) is 4.68. The Kier molecular flexibility index (Phi) is 8.06. The first kappa shape index (κ1) is 22.1. The van der Waals surface area contributed by atoms with Crippen molar-refractivity contribution in [1.82, 2.24) is 0 Å². The van der Waals surface area contributed by atoms with Gasteiger partial charge in [-0.3, -0.25) is 9.59 Å². The molecule has 1 saturated carbocycles. The molecule has 4 atom stereocenters. The van der Waals surface area contributed by atoms with Crippen molar-refractivity contribution in [1.29, 1.82) is 0 Å². The maximum atomic E-state index is 13.3. The average Bonchev–Trinajstić information content (AvgIpc) is 2.81. The van der Waals surface area contributed by atoms with E-state index in [-0.39, 0.29) is 23.8 Å². The lowest BCUT2D eigenvalue weighted by molar-refractivity contribution is -0.165. The van der Waals surface area contributed by atoms with Crippen LogP contribution in [-0.2, 0) is 19.1 Å². The molecule has 0 saturated heterocycles. The normalized spacial score (nSPS) is 23.5. The molecule has 160 valence electrons. The monoisotopic (exact) mass is 408 g/mol. The van der Waals surface area contributed by atoms with E-state index in [0.29, 0.717) is 13.2 Å². The zero-order chi connectivity index (χ0) is 21.3. The van der Waals surface area contributed by atoms with Crippen molar-refractivity contribution in [3.63, 3.8) is 0 Å². The van der Waals surface area contributed by atoms with Crippen LogP contribution in [0.5, 0.6) is 0 Å². The Morgan fingerprint density at radius 3 is 1.40 bits per heavy atom. The molecule has 0 amide bonds. The Bertz CT molecular complexity index is 733. The fourth-order valence-electron chi connectivity index (χ4n) is 4.59. The van der Waals surface area contributed by atoms with Crippen molar-refractivity contribution in [3.8, 4) is 0 Å². The van der Waals surface area contributed by atoms with Crippen LogP contribution in [0.25, 0.3) is 0 Å². The van der Waals surface area contributed by atoms with Crippen molar-refractivity contribution in [2.75, 3.05) is 13.2 Å². The third kappa shape index (κ3) is 5.10. The van der Waals surface area contributed by atoms with E-state index in [1.807, 2.05) is 74.5 Å². The lowest BCUT2D eigenvalue weighted by Gasteiger charge is -2.41. The van der Waals surface area contributed by atoms with E-state index in [0.717, 1.165) is 36.8 Å². The molecule has 1 fully saturated rings. The summed E-state index contributed by atoms with van der Waals surface area (Å²) >= 11 is 0. The molecule has 0 spiro atoms. The number of hydrogen-bond acceptors (Lipinski definition) is 4. The Morgan fingerprint density at radius 1 is 0.700 bits per heavy atom. The molecular weight excluding hydrogens is 376 g/mol. The highest BCUT2D eigenvalue weighted by atomic mass is 16.5. The smallest absolute Gasteiger partial charge is 0.310 e. The Morgan fingerprint density at radius 2 is 1.07 bits per heavy atom. The summed E-state index contributed by atoms with van der Waals surface area (Å²) in [5, 5.41) is 0. The Labute approximate surface area is 179 Å². The molecule has 0 N–H and O–H groups in total. The van der Waals surface area contributed by atoms with Crippen LogP contribution in [0.15, 0.2) is 60.7 Å². The standard InChI is InChI=1S/C26H32O4/c1-3-17-29-25(27)23-21(19-11-7-5-8-12-19)15-16-22(20-13-9-6-10-14-20)24(23)26(28)30-18-4-2/h5-14,21-24H,3-4,15-18H2,1-2H3. The second-order valence-electron chi connectivity index (χ2n) is 8.00. The fourth-order valence-corrected chi connectivity index (χ4v) is 4.59. The van der Waals surface area contributed by atoms with Gasteiger partial charge in [-0.15, -0.1) is 0 Å². The summed E-state index contributed by atoms with van der Waals surface area (Å²) in [6.07, 6.45) is 3.16. The summed E-state index contributed by atoms with van der Waals surface area (Å²) in [5.74, 6) is -1.80. The maximum Gasteiger partial charge on any atom is 0.310 e. The van der Waals surface area contributed by atoms with Crippen molar-refractivity contribution < 1.29 is 19.1 Å². The summed E-state index contributed by atoms with van der Waals surface area (Å²) in [7, 11) is 0. The molecule has 3 rings (SSSR count). The molecule has 1 aliphatic carbocycles. The molecule has 4 heteroatoms. The molecule has 0 radical (unpaired) electrons. The van der Waals surface area contributed by atoms with Gasteiger partial charge in [-0.25, -0.2) is 0 Å². The molecule has 0 heterocycles. The minimum absolute atomic E-state index is 0.0605. The summed E-state index contributed by atoms with van der Waals surface area (Å²) in [5.41, 5.74) is 2.16. The van der Waals surface area contributed by atoms with E-state index >= 15 is 0 Å². The van der Waals surface area contributed by atoms with Gasteiger partial charge in [0.05, 0.1) is 25.0 Å². The Hall–Kier alpha value is -2.62. The van der Waals surface area contributed by atoms with Gasteiger partial charge in [-0.1, -0.05) is 74.5 Å². The number of hydrogen-bond donors (Lipinski definition) is 0. The lowest BCUT2D eigenvalue weighted by atomic mass is 9.63. The largest absolute Gasteiger partial charge is 0.465 e. The summed E-state index contributed by atoms with van der Waals surface area (Å²) in [4.78, 5) is 26.6. The topological polar surface area (TPSA) is 52.6 Å². The number of carbonyl (C=O) groups excluding carboxylic acids is 2. The molecule has 4 unspecified atom stereocenters. The highest BCUT2D eigenvalue weighted by Crippen LogP contribution is 2.49. The van der Waals surface area contributed by atoms with Crippen LogP contribution in [0.4, 0.5) is 0 Å². The first-order valence-corrected chi connectivity index (χ1v) is 11.1. The first-order valence-electron chi connectivity index (χ1n) is 11.1. The molecule has 1 aliphatic rings. The van der Waals surface area contributed by atoms with Crippen molar-refractivity contribution in [2.24, 2.45) is 11.8 Å². The zero-order valence-corrected chi connectivity index (χ0v) is 18.0. The molecule has 0 bridgehead atoms. The second kappa shape index (κ2) is 11.0. The van der Waals surface area contributed by atoms with E-state index in [4.69, 9.17) is 9.47 Å². The van der Waals surface area contributed by atoms with Gasteiger partial charge in [0.1, 0.15) is 0 Å². The highest BCUT2D eigenvalue weighted by Gasteiger charge is 2.49. The third-order valence-electron chi connectivity index (χ3n) is 5.94. The van der Waals surface area contributed by atoms with E-state index < -0.39 is 11.8 Å². The Balaban J connectivity index is 2.02. The summed E-state index contributed by atoms with van der Waals surface area (Å²) < 4.78 is 11.2. The molecule has 0 aliphatic heterocycles. The zero-order valence-electron chi connectivity index (χ0n) is 18.0. The fraction of sp³-hybridized carbons (Fsp3) is 0.462. The van der Waals surface area contributed by atoms with Gasteiger partial charge in [0.2, 0.25) is 0 Å². The molecule has 4 nitrogen and oxygen atoms in total. The summed E-state index contributed by atoms with van der Waals surface area (Å²) in [6, 6.07) is 20.0. The molecule has 2 aromatic carbocycles. The number of benzene rings is 2. The van der Waals surface area contributed by atoms with Gasteiger partial charge in [-0.05, 0) is 48.6 Å². The molecular formula is C26H32O4. The predicted octanol–water partition coefficient (Wildman–Crippen LogP) is 5.49. The quantitative estimate of drug-likeness (QED) is 0.542. The number of ether oxygens (including phenoxy) is 2. The first-order chi connectivity index (χ1) is 14.7. The predicted molar refractivity (Wildman–Crippen MR) is 117 cm³/mol. The van der Waals surface area contributed by atoms with Crippen molar-refractivity contribution >= 4 is 11.9 Å². The van der Waals surface area contributed by atoms with Crippen LogP contribution in [0.2, 0.25) is 0 Å². The second-order valence-corrected chi connectivity index (χ2v) is 8.00. The van der Waals surface area contributed by atoms with E-state index in [9.17, 15) is 9.59 Å². The lowest BCUT2D eigenvalue weighted by Crippen LogP contribution is -2.43. The van der Waals surface area contributed by atoms with Crippen LogP contribution in [0.3, 0.4) is 0 Å². The van der Waals surface area contributed by atoms with Crippen molar-refractivity contribution in [3.05, 3.63) is 71.8 Å². The van der Waals surface area contributed by atoms with Crippen molar-refractivity contribution in [2.45, 2.75) is 51.4 Å². The maximum absolute atomic E-state index is 13.3. The third-order valence-corrected chi connectivity index (χ3v) is 5.94. The number of carbonyl (C=O) groups is 2. The molecule has 0 aromatic heterocycles. The highest BCUT2D eigenvalue weighted by molar-refractivity contribution is 5.84. The van der Waals surface area contributed by atoms with Gasteiger partial charge in [0, 0.05) is 0 Å². The molecule has 2 aromatic rings. The van der Waals surface area contributed by atoms with Gasteiger partial charge >= 0.3 is 11.9 Å². The molecule has 30 heavy (non-hydrogen) atoms. The minimum atomic E-state index is -0.553. The van der Waals surface area contributed by atoms with E-state index in [1.165, 1.54) is 0 Å². The van der Waals surface area contributed by atoms with Crippen LogP contribution >= 0.6 is 0 Å². The van der Waals surface area contributed by atoms with E-state index in [1.54, 1.807) is 0 Å². The van der Waals surface area contributed by atoms with E-state index in [2.05, 4.69) is 0 Å². The number of rotatable bonds is 8. The van der Waals surface area contributed by atoms with Crippen LogP contribution in [0, 0.1) is 11.8 Å². The SMILES string of the molecule is CCCOC(=O)C1C(c2ccccc2)CCC(c2ccccc2)C1C(=O)OCCC. The van der Waals surface area contributed by atoms with Gasteiger partial charge in [-0.2, -0.15) is 0 Å². The van der Waals surface area contributed by atoms with Gasteiger partial charge in [0.15, 0.2) is 0 Å². The van der Waals surface area contributed by atoms with Gasteiger partial charge in [0.25, 0.3) is 0 Å². The van der Waals surface area contributed by atoms with Gasteiger partial charge < -0.3 is 9.47 Å². The minimum Gasteiger partial charge on any atom is -0.465 e. The average molecular weight is 409 g/mol. The van der Waals surface area contributed by atoms with Crippen LogP contribution < -0.4 is 0 Å². The van der Waals surface area contributed by atoms with Crippen LogP contribution in [0.1, 0.15) is 62.5 Å². The van der Waals surface area contributed by atoms with Crippen LogP contribution in [-0.4, -0.2) is 25.2 Å². The number of esters is 2.